The number of fused-ring (bicyclic) bond motifs is 1. The Hall–Kier alpha value is -1.85. The molecule has 0 radical (unpaired) electrons. The van der Waals surface area contributed by atoms with Crippen LogP contribution in [0.4, 0.5) is 5.69 Å². The predicted octanol–water partition coefficient (Wildman–Crippen LogP) is 3.77. The van der Waals surface area contributed by atoms with E-state index in [1.165, 1.54) is 25.7 Å². The van der Waals surface area contributed by atoms with Gasteiger partial charge in [-0.2, -0.15) is 5.10 Å². The third kappa shape index (κ3) is 3.79. The summed E-state index contributed by atoms with van der Waals surface area (Å²) in [5, 5.41) is 11.1. The topological polar surface area (TPSA) is 59.0 Å². The fourth-order valence-electron chi connectivity index (χ4n) is 4.36. The summed E-state index contributed by atoms with van der Waals surface area (Å²) in [5.41, 5.74) is 3.87. The lowest BCUT2D eigenvalue weighted by Crippen LogP contribution is -2.39. The van der Waals surface area contributed by atoms with Gasteiger partial charge in [-0.3, -0.25) is 4.79 Å². The number of nitrogens with zero attached hydrogens (tertiary/aromatic N) is 2. The van der Waals surface area contributed by atoms with Crippen LogP contribution >= 0.6 is 12.4 Å². The summed E-state index contributed by atoms with van der Waals surface area (Å²) in [6.45, 7) is 4.02. The van der Waals surface area contributed by atoms with Gasteiger partial charge in [0.25, 0.3) is 0 Å². The van der Waals surface area contributed by atoms with Gasteiger partial charge in [0.05, 0.1) is 17.4 Å². The molecule has 6 heteroatoms. The van der Waals surface area contributed by atoms with Crippen LogP contribution in [0.25, 0.3) is 5.69 Å². The number of hydrogen-bond donors (Lipinski definition) is 2. The number of aromatic nitrogens is 2. The van der Waals surface area contributed by atoms with E-state index in [2.05, 4.69) is 21.8 Å². The lowest BCUT2D eigenvalue weighted by molar-refractivity contribution is -0.117. The Morgan fingerprint density at radius 3 is 2.77 bits per heavy atom. The maximum absolute atomic E-state index is 12.7. The predicted molar refractivity (Wildman–Crippen MR) is 106 cm³/mol. The molecule has 2 N–H and O–H groups in total. The van der Waals surface area contributed by atoms with Gasteiger partial charge in [-0.15, -0.1) is 12.4 Å². The Labute approximate surface area is 161 Å². The van der Waals surface area contributed by atoms with Crippen molar-refractivity contribution in [1.29, 1.82) is 0 Å². The molecular formula is C20H27ClN4O. The van der Waals surface area contributed by atoms with E-state index in [1.807, 2.05) is 42.8 Å². The van der Waals surface area contributed by atoms with Crippen LogP contribution in [0.1, 0.15) is 43.5 Å². The minimum absolute atomic E-state index is 0. The van der Waals surface area contributed by atoms with Crippen LogP contribution in [0, 0.1) is 19.8 Å². The summed E-state index contributed by atoms with van der Waals surface area (Å²) in [6.07, 6.45) is 6.03. The molecule has 2 aliphatic rings. The number of amides is 1. The van der Waals surface area contributed by atoms with E-state index >= 15 is 0 Å². The maximum atomic E-state index is 12.7. The number of benzene rings is 1. The second kappa shape index (κ2) is 7.80. The quantitative estimate of drug-likeness (QED) is 0.859. The summed E-state index contributed by atoms with van der Waals surface area (Å²) < 4.78 is 1.91. The van der Waals surface area contributed by atoms with Gasteiger partial charge >= 0.3 is 0 Å². The molecule has 2 fully saturated rings. The summed E-state index contributed by atoms with van der Waals surface area (Å²) in [4.78, 5) is 12.7. The molecule has 0 spiro atoms. The van der Waals surface area contributed by atoms with Crippen LogP contribution in [0.5, 0.6) is 0 Å². The number of rotatable bonds is 3. The fourth-order valence-corrected chi connectivity index (χ4v) is 4.36. The normalized spacial score (nSPS) is 24.6. The molecular weight excluding hydrogens is 348 g/mol. The number of nitrogens with one attached hydrogen (secondary N) is 2. The van der Waals surface area contributed by atoms with Gasteiger partial charge in [0.15, 0.2) is 0 Å². The summed E-state index contributed by atoms with van der Waals surface area (Å²) in [5.74, 6) is 0.755. The molecule has 2 heterocycles. The van der Waals surface area contributed by atoms with Gasteiger partial charge in [-0.05, 0) is 63.3 Å². The Kier molecular flexibility index (Phi) is 5.68. The highest BCUT2D eigenvalue weighted by atomic mass is 35.5. The third-order valence-electron chi connectivity index (χ3n) is 5.55. The molecule has 5 nitrogen and oxygen atoms in total. The minimum Gasteiger partial charge on any atom is -0.325 e. The highest BCUT2D eigenvalue weighted by molar-refractivity contribution is 5.95. The number of hydrogen-bond acceptors (Lipinski definition) is 3. The molecule has 140 valence electrons. The van der Waals surface area contributed by atoms with Gasteiger partial charge in [0.2, 0.25) is 5.91 Å². The first kappa shape index (κ1) is 18.9. The number of halogens is 1. The summed E-state index contributed by atoms with van der Waals surface area (Å²) in [7, 11) is 0. The molecule has 1 aromatic carbocycles. The van der Waals surface area contributed by atoms with Gasteiger partial charge in [0.1, 0.15) is 0 Å². The smallest absolute Gasteiger partial charge is 0.241 e. The van der Waals surface area contributed by atoms with Crippen molar-refractivity contribution in [2.45, 2.75) is 58.0 Å². The van der Waals surface area contributed by atoms with E-state index in [9.17, 15) is 4.79 Å². The Bertz CT molecular complexity index is 774. The molecule has 26 heavy (non-hydrogen) atoms. The molecule has 4 rings (SSSR count). The zero-order chi connectivity index (χ0) is 17.4. The van der Waals surface area contributed by atoms with Crippen LogP contribution in [-0.2, 0) is 4.79 Å². The Balaban J connectivity index is 0.00000196. The Morgan fingerprint density at radius 2 is 2.04 bits per heavy atom. The fraction of sp³-hybridized carbons (Fsp3) is 0.500. The van der Waals surface area contributed by atoms with E-state index in [0.29, 0.717) is 12.0 Å². The maximum Gasteiger partial charge on any atom is 0.241 e. The molecule has 0 bridgehead atoms. The van der Waals surface area contributed by atoms with Crippen molar-refractivity contribution in [3.63, 3.8) is 0 Å². The molecule has 1 aliphatic heterocycles. The van der Waals surface area contributed by atoms with Crippen LogP contribution in [0.2, 0.25) is 0 Å². The number of anilines is 1. The lowest BCUT2D eigenvalue weighted by Gasteiger charge is -2.24. The molecule has 2 aromatic rings. The summed E-state index contributed by atoms with van der Waals surface area (Å²) in [6, 6.07) is 10.4. The van der Waals surface area contributed by atoms with Gasteiger partial charge in [-0.25, -0.2) is 4.68 Å². The molecule has 1 saturated heterocycles. The monoisotopic (exact) mass is 374 g/mol. The first-order valence-corrected chi connectivity index (χ1v) is 9.31. The molecule has 1 aromatic heterocycles. The minimum atomic E-state index is -0.0644. The zero-order valence-corrected chi connectivity index (χ0v) is 16.2. The number of carbonyl (C=O) groups excluding carboxylic acids is 1. The van der Waals surface area contributed by atoms with Gasteiger partial charge in [-0.1, -0.05) is 18.9 Å². The van der Waals surface area contributed by atoms with Gasteiger partial charge < -0.3 is 10.6 Å². The molecule has 1 amide bonds. The van der Waals surface area contributed by atoms with Crippen LogP contribution in [0.3, 0.4) is 0 Å². The van der Waals surface area contributed by atoms with Crippen molar-refractivity contribution in [2.24, 2.45) is 5.92 Å². The van der Waals surface area contributed by atoms with Gasteiger partial charge in [0, 0.05) is 17.4 Å². The number of aryl methyl sites for hydroxylation is 2. The van der Waals surface area contributed by atoms with E-state index in [4.69, 9.17) is 0 Å². The lowest BCUT2D eigenvalue weighted by atomic mass is 9.85. The van der Waals surface area contributed by atoms with E-state index in [-0.39, 0.29) is 24.4 Å². The first-order valence-electron chi connectivity index (χ1n) is 9.31. The van der Waals surface area contributed by atoms with E-state index in [0.717, 1.165) is 29.2 Å². The van der Waals surface area contributed by atoms with Crippen molar-refractivity contribution in [1.82, 2.24) is 15.1 Å². The van der Waals surface area contributed by atoms with Crippen LogP contribution in [-0.4, -0.2) is 27.8 Å². The second-order valence-corrected chi connectivity index (χ2v) is 7.48. The zero-order valence-electron chi connectivity index (χ0n) is 15.4. The van der Waals surface area contributed by atoms with Crippen molar-refractivity contribution in [3.8, 4) is 5.69 Å². The van der Waals surface area contributed by atoms with Crippen molar-refractivity contribution in [2.75, 3.05) is 5.32 Å². The summed E-state index contributed by atoms with van der Waals surface area (Å²) >= 11 is 0. The van der Waals surface area contributed by atoms with E-state index < -0.39 is 0 Å². The number of carbonyl (C=O) groups is 1. The average molecular weight is 375 g/mol. The van der Waals surface area contributed by atoms with Crippen LogP contribution < -0.4 is 10.6 Å². The average Bonchev–Trinajstić information content (AvgIpc) is 3.18. The van der Waals surface area contributed by atoms with Crippen LogP contribution in [0.15, 0.2) is 30.3 Å². The molecule has 3 unspecified atom stereocenters. The molecule has 3 atom stereocenters. The SMILES string of the molecule is Cc1cc(C)n(-c2cccc(NC(=O)C3CC4CCCCC4N3)c2)n1.Cl. The standard InChI is InChI=1S/C20H26N4O.ClH/c1-13-10-14(2)24(23-13)17-8-5-7-16(12-17)21-20(25)19-11-15-6-3-4-9-18(15)22-19;/h5,7-8,10,12,15,18-19,22H,3-4,6,9,11H2,1-2H3,(H,21,25);1H. The largest absolute Gasteiger partial charge is 0.325 e. The Morgan fingerprint density at radius 1 is 1.23 bits per heavy atom. The van der Waals surface area contributed by atoms with Crippen molar-refractivity contribution < 1.29 is 4.79 Å². The third-order valence-corrected chi connectivity index (χ3v) is 5.55. The van der Waals surface area contributed by atoms with E-state index in [1.54, 1.807) is 0 Å². The highest BCUT2D eigenvalue weighted by Gasteiger charge is 2.38. The molecule has 1 saturated carbocycles. The first-order chi connectivity index (χ1) is 12.1. The second-order valence-electron chi connectivity index (χ2n) is 7.48. The molecule has 1 aliphatic carbocycles. The van der Waals surface area contributed by atoms with Crippen molar-refractivity contribution in [3.05, 3.63) is 41.7 Å². The van der Waals surface area contributed by atoms with Crippen molar-refractivity contribution >= 4 is 24.0 Å². The highest BCUT2D eigenvalue weighted by Crippen LogP contribution is 2.33.